The average molecular weight is 332 g/mol. The van der Waals surface area contributed by atoms with Gasteiger partial charge in [-0.25, -0.2) is 9.59 Å². The van der Waals surface area contributed by atoms with Gasteiger partial charge in [0.1, 0.15) is 0 Å². The van der Waals surface area contributed by atoms with Crippen molar-refractivity contribution in [2.24, 2.45) is 11.8 Å². The fraction of sp³-hybridized carbons (Fsp3) is 0.611. The van der Waals surface area contributed by atoms with Crippen molar-refractivity contribution in [3.63, 3.8) is 0 Å². The number of alkyl halides is 1. The summed E-state index contributed by atoms with van der Waals surface area (Å²) in [7, 11) is 0. The fourth-order valence-electron chi connectivity index (χ4n) is 3.70. The van der Waals surface area contributed by atoms with Crippen molar-refractivity contribution >= 4 is 11.1 Å². The summed E-state index contributed by atoms with van der Waals surface area (Å²) in [6.45, 7) is -0.356. The van der Waals surface area contributed by atoms with Crippen molar-refractivity contribution < 1.29 is 8.81 Å². The van der Waals surface area contributed by atoms with Crippen LogP contribution in [0, 0.1) is 11.8 Å². The normalized spacial score (nSPS) is 22.9. The number of nitrogens with one attached hydrogen (secondary N) is 1. The molecule has 2 aliphatic carbocycles. The third kappa shape index (κ3) is 3.14. The molecule has 2 atom stereocenters. The van der Waals surface area contributed by atoms with Crippen LogP contribution in [0.4, 0.5) is 4.39 Å². The fourth-order valence-corrected chi connectivity index (χ4v) is 3.70. The number of aryl methyl sites for hydroxylation is 1. The number of nitrogens with zero attached hydrogens (tertiary/aromatic N) is 1. The van der Waals surface area contributed by atoms with E-state index in [-0.39, 0.29) is 24.2 Å². The maximum atomic E-state index is 12.6. The molecule has 128 valence electrons. The second-order valence-corrected chi connectivity index (χ2v) is 7.14. The number of halogens is 1. The molecular weight excluding hydrogens is 311 g/mol. The molecule has 2 aromatic heterocycles. The first kappa shape index (κ1) is 15.5. The maximum Gasteiger partial charge on any atom is 0.347 e. The van der Waals surface area contributed by atoms with Gasteiger partial charge in [-0.05, 0) is 43.1 Å². The molecule has 2 saturated carbocycles. The van der Waals surface area contributed by atoms with Crippen molar-refractivity contribution in [1.29, 1.82) is 0 Å². The Hall–Kier alpha value is -1.98. The summed E-state index contributed by atoms with van der Waals surface area (Å²) in [5.41, 5.74) is 0.822. The van der Waals surface area contributed by atoms with Crippen LogP contribution in [0.3, 0.4) is 0 Å². The van der Waals surface area contributed by atoms with Gasteiger partial charge < -0.3 is 4.42 Å². The second-order valence-electron chi connectivity index (χ2n) is 7.14. The minimum Gasteiger partial charge on any atom is -0.405 e. The molecule has 4 rings (SSSR count). The molecule has 0 bridgehead atoms. The lowest BCUT2D eigenvalue weighted by Gasteiger charge is -2.09. The topological polar surface area (TPSA) is 76.0 Å². The Morgan fingerprint density at radius 2 is 2.12 bits per heavy atom. The Morgan fingerprint density at radius 1 is 1.29 bits per heavy atom. The van der Waals surface area contributed by atoms with Crippen molar-refractivity contribution in [3.8, 4) is 0 Å². The number of aromatic amines is 1. The van der Waals surface area contributed by atoms with Crippen LogP contribution in [0.5, 0.6) is 0 Å². The lowest BCUT2D eigenvalue weighted by molar-refractivity contribution is 0.450. The van der Waals surface area contributed by atoms with Crippen LogP contribution in [0.1, 0.15) is 55.7 Å². The highest BCUT2D eigenvalue weighted by Crippen LogP contribution is 2.50. The zero-order chi connectivity index (χ0) is 16.7. The lowest BCUT2D eigenvalue weighted by atomic mass is 10.0. The third-order valence-electron chi connectivity index (χ3n) is 5.25. The Bertz CT molecular complexity index is 863. The number of hydrogen-bond donors (Lipinski definition) is 1. The molecule has 24 heavy (non-hydrogen) atoms. The molecule has 2 heterocycles. The molecule has 0 saturated heterocycles. The summed E-state index contributed by atoms with van der Waals surface area (Å²) in [6, 6.07) is 1.52. The van der Waals surface area contributed by atoms with E-state index in [2.05, 4.69) is 9.97 Å². The minimum absolute atomic E-state index is 0.0976. The highest BCUT2D eigenvalue weighted by molar-refractivity contribution is 5.80. The largest absolute Gasteiger partial charge is 0.405 e. The van der Waals surface area contributed by atoms with Crippen LogP contribution in [-0.4, -0.2) is 16.6 Å². The number of fused-ring (bicyclic) bond motifs is 1. The predicted molar refractivity (Wildman–Crippen MR) is 88.0 cm³/mol. The first-order valence-electron chi connectivity index (χ1n) is 8.78. The maximum absolute atomic E-state index is 12.6. The number of aromatic nitrogens is 2. The van der Waals surface area contributed by atoms with Gasteiger partial charge in [-0.2, -0.15) is 4.98 Å². The van der Waals surface area contributed by atoms with Crippen LogP contribution in [0.15, 0.2) is 20.1 Å². The van der Waals surface area contributed by atoms with E-state index >= 15 is 0 Å². The van der Waals surface area contributed by atoms with E-state index in [1.807, 2.05) is 0 Å². The molecule has 5 nitrogen and oxygen atoms in total. The van der Waals surface area contributed by atoms with Gasteiger partial charge >= 0.3 is 11.3 Å². The van der Waals surface area contributed by atoms with Gasteiger partial charge in [0, 0.05) is 12.0 Å². The van der Waals surface area contributed by atoms with Crippen LogP contribution in [0.2, 0.25) is 0 Å². The summed E-state index contributed by atoms with van der Waals surface area (Å²) >= 11 is 0. The monoisotopic (exact) mass is 332 g/mol. The summed E-state index contributed by atoms with van der Waals surface area (Å²) in [6.07, 6.45) is 6.92. The first-order valence-corrected chi connectivity index (χ1v) is 8.78. The molecule has 2 aliphatic rings. The lowest BCUT2D eigenvalue weighted by Crippen LogP contribution is -2.16. The Labute approximate surface area is 138 Å². The minimum atomic E-state index is -0.512. The van der Waals surface area contributed by atoms with E-state index in [1.165, 1.54) is 25.3 Å². The predicted octanol–water partition coefficient (Wildman–Crippen LogP) is 3.07. The number of rotatable bonds is 7. The molecule has 0 amide bonds. The second kappa shape index (κ2) is 6.15. The van der Waals surface area contributed by atoms with Crippen LogP contribution < -0.4 is 11.3 Å². The highest BCUT2D eigenvalue weighted by atomic mass is 19.1. The molecule has 0 spiro atoms. The molecule has 1 N–H and O–H groups in total. The molecular formula is C18H21FN2O3. The third-order valence-corrected chi connectivity index (χ3v) is 5.25. The smallest absolute Gasteiger partial charge is 0.347 e. The molecule has 0 radical (unpaired) electrons. The van der Waals surface area contributed by atoms with Crippen molar-refractivity contribution in [1.82, 2.24) is 9.97 Å². The SMILES string of the molecule is O=c1nc(C2C[C@@H]2CCF)c2c(CCCC3CC3)cc(=O)oc2[nH]1. The van der Waals surface area contributed by atoms with Gasteiger partial charge in [-0.15, -0.1) is 0 Å². The number of hydrogen-bond acceptors (Lipinski definition) is 4. The van der Waals surface area contributed by atoms with Crippen LogP contribution >= 0.6 is 0 Å². The zero-order valence-corrected chi connectivity index (χ0v) is 13.5. The van der Waals surface area contributed by atoms with Crippen molar-refractivity contribution in [2.45, 2.75) is 50.9 Å². The quantitative estimate of drug-likeness (QED) is 0.845. The Morgan fingerprint density at radius 3 is 2.88 bits per heavy atom. The standard InChI is InChI=1S/C18H21FN2O3/c19-7-6-11-8-13(11)16-15-12(3-1-2-10-4-5-10)9-14(22)24-17(15)21-18(23)20-16/h9-11,13H,1-8H2,(H,20,21,23)/t11-,13?/m0/s1. The van der Waals surface area contributed by atoms with E-state index in [0.29, 0.717) is 12.1 Å². The first-order chi connectivity index (χ1) is 11.7. The molecule has 1 unspecified atom stereocenters. The molecule has 0 aromatic carbocycles. The molecule has 2 fully saturated rings. The zero-order valence-electron chi connectivity index (χ0n) is 13.5. The molecule has 0 aliphatic heterocycles. The van der Waals surface area contributed by atoms with Crippen LogP contribution in [0.25, 0.3) is 11.1 Å². The number of H-pyrrole nitrogens is 1. The van der Waals surface area contributed by atoms with Gasteiger partial charge in [0.05, 0.1) is 17.8 Å². The molecule has 6 heteroatoms. The van der Waals surface area contributed by atoms with E-state index in [0.717, 1.165) is 36.1 Å². The van der Waals surface area contributed by atoms with E-state index in [4.69, 9.17) is 4.42 Å². The summed E-state index contributed by atoms with van der Waals surface area (Å²) in [5.74, 6) is 1.17. The van der Waals surface area contributed by atoms with E-state index in [1.54, 1.807) is 0 Å². The molecule has 2 aromatic rings. The van der Waals surface area contributed by atoms with E-state index in [9.17, 15) is 14.0 Å². The highest BCUT2D eigenvalue weighted by Gasteiger charge is 2.40. The van der Waals surface area contributed by atoms with Gasteiger partial charge in [0.15, 0.2) is 0 Å². The van der Waals surface area contributed by atoms with Gasteiger partial charge in [-0.1, -0.05) is 19.3 Å². The van der Waals surface area contributed by atoms with Crippen molar-refractivity contribution in [2.75, 3.05) is 6.67 Å². The van der Waals surface area contributed by atoms with Gasteiger partial charge in [0.2, 0.25) is 5.71 Å². The Balaban J connectivity index is 1.72. The Kier molecular flexibility index (Phi) is 3.98. The average Bonchev–Trinajstić information content (AvgIpc) is 3.41. The summed E-state index contributed by atoms with van der Waals surface area (Å²) in [4.78, 5) is 30.4. The van der Waals surface area contributed by atoms with Gasteiger partial charge in [-0.3, -0.25) is 9.37 Å². The van der Waals surface area contributed by atoms with Crippen molar-refractivity contribution in [3.05, 3.63) is 38.2 Å². The summed E-state index contributed by atoms with van der Waals surface area (Å²) < 4.78 is 17.8. The van der Waals surface area contributed by atoms with E-state index < -0.39 is 11.3 Å². The van der Waals surface area contributed by atoms with Gasteiger partial charge in [0.25, 0.3) is 0 Å². The summed E-state index contributed by atoms with van der Waals surface area (Å²) in [5, 5.41) is 0.761. The van der Waals surface area contributed by atoms with Crippen LogP contribution in [-0.2, 0) is 6.42 Å².